The van der Waals surface area contributed by atoms with Crippen LogP contribution in [-0.2, 0) is 4.74 Å². The Bertz CT molecular complexity index is 455. The summed E-state index contributed by atoms with van der Waals surface area (Å²) in [5.74, 6) is 0.144. The molecule has 0 atom stereocenters. The van der Waals surface area contributed by atoms with Gasteiger partial charge in [-0.05, 0) is 26.8 Å². The van der Waals surface area contributed by atoms with Crippen molar-refractivity contribution < 1.29 is 14.3 Å². The Labute approximate surface area is 111 Å². The molecule has 1 aromatic heterocycles. The normalized spacial score (nSPS) is 11.0. The molecule has 100 valence electrons. The van der Waals surface area contributed by atoms with Crippen molar-refractivity contribution in [2.24, 2.45) is 0 Å². The summed E-state index contributed by atoms with van der Waals surface area (Å²) in [5, 5.41) is 3.38. The van der Waals surface area contributed by atoms with E-state index in [4.69, 9.17) is 21.1 Å². The van der Waals surface area contributed by atoms with E-state index >= 15 is 0 Å². The van der Waals surface area contributed by atoms with Gasteiger partial charge < -0.3 is 14.8 Å². The first-order chi connectivity index (χ1) is 8.28. The number of esters is 1. The zero-order chi connectivity index (χ0) is 13.9. The van der Waals surface area contributed by atoms with E-state index in [2.05, 4.69) is 10.3 Å². The summed E-state index contributed by atoms with van der Waals surface area (Å²) in [6.07, 6.45) is 0. The molecule has 1 rings (SSSR count). The highest BCUT2D eigenvalue weighted by Crippen LogP contribution is 2.29. The van der Waals surface area contributed by atoms with Gasteiger partial charge in [0.1, 0.15) is 16.4 Å². The lowest BCUT2D eigenvalue weighted by atomic mass is 10.1. The molecule has 0 saturated carbocycles. The van der Waals surface area contributed by atoms with Crippen molar-refractivity contribution in [2.75, 3.05) is 19.5 Å². The fraction of sp³-hybridized carbons (Fsp3) is 0.500. The topological polar surface area (TPSA) is 60.5 Å². The second-order valence-corrected chi connectivity index (χ2v) is 5.15. The van der Waals surface area contributed by atoms with Crippen LogP contribution in [0.15, 0.2) is 6.07 Å². The van der Waals surface area contributed by atoms with Gasteiger partial charge >= 0.3 is 5.97 Å². The van der Waals surface area contributed by atoms with Gasteiger partial charge in [-0.1, -0.05) is 11.6 Å². The van der Waals surface area contributed by atoms with E-state index in [1.807, 2.05) is 20.8 Å². The van der Waals surface area contributed by atoms with Crippen LogP contribution in [0, 0.1) is 0 Å². The minimum absolute atomic E-state index is 0.255. The maximum atomic E-state index is 11.7. The number of methoxy groups -OCH3 is 2. The Hall–Kier alpha value is -1.49. The van der Waals surface area contributed by atoms with Crippen LogP contribution in [-0.4, -0.2) is 30.7 Å². The number of nitrogens with zero attached hydrogens (tertiary/aromatic N) is 1. The van der Waals surface area contributed by atoms with Gasteiger partial charge in [-0.2, -0.15) is 4.98 Å². The van der Waals surface area contributed by atoms with E-state index < -0.39 is 5.97 Å². The van der Waals surface area contributed by atoms with E-state index in [1.165, 1.54) is 20.3 Å². The summed E-state index contributed by atoms with van der Waals surface area (Å²) in [7, 11) is 2.77. The Balaban J connectivity index is 3.30. The molecule has 0 aliphatic carbocycles. The maximum Gasteiger partial charge on any atom is 0.341 e. The lowest BCUT2D eigenvalue weighted by Gasteiger charge is -2.23. The molecule has 0 bridgehead atoms. The van der Waals surface area contributed by atoms with Crippen molar-refractivity contribution in [1.29, 1.82) is 0 Å². The minimum Gasteiger partial charge on any atom is -0.480 e. The first-order valence-electron chi connectivity index (χ1n) is 5.39. The predicted molar refractivity (Wildman–Crippen MR) is 70.5 cm³/mol. The molecule has 0 saturated heterocycles. The third kappa shape index (κ3) is 3.50. The summed E-state index contributed by atoms with van der Waals surface area (Å²) in [4.78, 5) is 15.8. The second-order valence-electron chi connectivity index (χ2n) is 4.74. The summed E-state index contributed by atoms with van der Waals surface area (Å²) < 4.78 is 9.73. The Morgan fingerprint density at radius 3 is 2.44 bits per heavy atom. The van der Waals surface area contributed by atoms with Crippen molar-refractivity contribution in [2.45, 2.75) is 26.3 Å². The lowest BCUT2D eigenvalue weighted by Crippen LogP contribution is -2.28. The molecule has 18 heavy (non-hydrogen) atoms. The highest BCUT2D eigenvalue weighted by atomic mass is 35.5. The summed E-state index contributed by atoms with van der Waals surface area (Å²) in [6.45, 7) is 5.87. The summed E-state index contributed by atoms with van der Waals surface area (Å²) in [6, 6.07) is 1.48. The molecular formula is C12H17ClN2O3. The Kier molecular flexibility index (Phi) is 4.40. The fourth-order valence-electron chi connectivity index (χ4n) is 1.33. The van der Waals surface area contributed by atoms with Crippen LogP contribution < -0.4 is 10.1 Å². The molecule has 5 nitrogen and oxygen atoms in total. The van der Waals surface area contributed by atoms with Gasteiger partial charge in [-0.3, -0.25) is 0 Å². The first kappa shape index (κ1) is 14.6. The van der Waals surface area contributed by atoms with Crippen molar-refractivity contribution in [3.8, 4) is 5.88 Å². The van der Waals surface area contributed by atoms with E-state index in [9.17, 15) is 4.79 Å². The number of halogens is 1. The number of carbonyl (C=O) groups excluding carboxylic acids is 1. The van der Waals surface area contributed by atoms with Gasteiger partial charge in [0.05, 0.1) is 14.2 Å². The number of hydrogen-bond acceptors (Lipinski definition) is 5. The lowest BCUT2D eigenvalue weighted by molar-refractivity contribution is 0.0601. The molecule has 1 N–H and O–H groups in total. The van der Waals surface area contributed by atoms with Crippen LogP contribution in [0.4, 0.5) is 5.82 Å². The van der Waals surface area contributed by atoms with Gasteiger partial charge in [0.15, 0.2) is 0 Å². The molecule has 0 aromatic carbocycles. The van der Waals surface area contributed by atoms with Crippen LogP contribution >= 0.6 is 11.6 Å². The van der Waals surface area contributed by atoms with E-state index in [0.717, 1.165) is 0 Å². The van der Waals surface area contributed by atoms with Crippen LogP contribution in [0.5, 0.6) is 5.88 Å². The van der Waals surface area contributed by atoms with E-state index in [-0.39, 0.29) is 22.0 Å². The van der Waals surface area contributed by atoms with Crippen LogP contribution in [0.1, 0.15) is 31.1 Å². The molecule has 1 aromatic rings. The van der Waals surface area contributed by atoms with Gasteiger partial charge in [-0.25, -0.2) is 4.79 Å². The predicted octanol–water partition coefficient (Wildman–Crippen LogP) is 2.74. The largest absolute Gasteiger partial charge is 0.480 e. The van der Waals surface area contributed by atoms with E-state index in [1.54, 1.807) is 0 Å². The SMILES string of the molecule is COC(=O)c1cc(Cl)c(OC)nc1NC(C)(C)C. The number of nitrogens with one attached hydrogen (secondary N) is 1. The van der Waals surface area contributed by atoms with Gasteiger partial charge in [0, 0.05) is 5.54 Å². The van der Waals surface area contributed by atoms with Crippen molar-refractivity contribution in [3.05, 3.63) is 16.7 Å². The van der Waals surface area contributed by atoms with Crippen LogP contribution in [0.25, 0.3) is 0 Å². The van der Waals surface area contributed by atoms with E-state index in [0.29, 0.717) is 5.82 Å². The smallest absolute Gasteiger partial charge is 0.341 e. The average Bonchev–Trinajstić information content (AvgIpc) is 2.28. The zero-order valence-corrected chi connectivity index (χ0v) is 11.9. The molecule has 0 aliphatic heterocycles. The monoisotopic (exact) mass is 272 g/mol. The second kappa shape index (κ2) is 5.44. The minimum atomic E-state index is -0.501. The average molecular weight is 273 g/mol. The van der Waals surface area contributed by atoms with Crippen molar-refractivity contribution in [3.63, 3.8) is 0 Å². The third-order valence-electron chi connectivity index (χ3n) is 2.04. The molecule has 0 radical (unpaired) electrons. The summed E-state index contributed by atoms with van der Waals surface area (Å²) >= 11 is 5.95. The zero-order valence-electron chi connectivity index (χ0n) is 11.1. The molecule has 0 spiro atoms. The van der Waals surface area contributed by atoms with Crippen LogP contribution in [0.2, 0.25) is 5.02 Å². The number of hydrogen-bond donors (Lipinski definition) is 1. The van der Waals surface area contributed by atoms with Crippen LogP contribution in [0.3, 0.4) is 0 Å². The van der Waals surface area contributed by atoms with Gasteiger partial charge in [0.25, 0.3) is 0 Å². The van der Waals surface area contributed by atoms with Gasteiger partial charge in [0.2, 0.25) is 5.88 Å². The number of carbonyl (C=O) groups is 1. The number of aromatic nitrogens is 1. The first-order valence-corrected chi connectivity index (χ1v) is 5.77. The molecule has 0 aliphatic rings. The molecule has 1 heterocycles. The number of pyridine rings is 1. The maximum absolute atomic E-state index is 11.7. The quantitative estimate of drug-likeness (QED) is 0.858. The van der Waals surface area contributed by atoms with Crippen molar-refractivity contribution in [1.82, 2.24) is 4.98 Å². The van der Waals surface area contributed by atoms with Crippen molar-refractivity contribution >= 4 is 23.4 Å². The summed E-state index contributed by atoms with van der Waals surface area (Å²) in [5.41, 5.74) is 0.0208. The molecule has 0 unspecified atom stereocenters. The standard InChI is InChI=1S/C12H17ClN2O3/c1-12(2,3)15-9-7(11(16)18-5)6-8(13)10(14-9)17-4/h6H,1-5H3,(H,14,15). The molecule has 0 amide bonds. The highest BCUT2D eigenvalue weighted by molar-refractivity contribution is 6.32. The Morgan fingerprint density at radius 2 is 2.00 bits per heavy atom. The Morgan fingerprint density at radius 1 is 1.39 bits per heavy atom. The third-order valence-corrected chi connectivity index (χ3v) is 2.31. The highest BCUT2D eigenvalue weighted by Gasteiger charge is 2.21. The molecule has 6 heteroatoms. The fourth-order valence-corrected chi connectivity index (χ4v) is 1.56. The number of anilines is 1. The molecular weight excluding hydrogens is 256 g/mol. The van der Waals surface area contributed by atoms with Gasteiger partial charge in [-0.15, -0.1) is 0 Å². The number of ether oxygens (including phenoxy) is 2. The number of rotatable bonds is 3. The molecule has 0 fully saturated rings.